The Labute approximate surface area is 147 Å². The molecule has 1 amide bonds. The first-order chi connectivity index (χ1) is 11.1. The van der Waals surface area contributed by atoms with Gasteiger partial charge in [-0.3, -0.25) is 4.79 Å². The van der Waals surface area contributed by atoms with Crippen molar-refractivity contribution < 1.29 is 9.53 Å². The van der Waals surface area contributed by atoms with Crippen molar-refractivity contribution in [2.24, 2.45) is 0 Å². The maximum atomic E-state index is 12.1. The molecule has 2 aromatic carbocycles. The molecule has 3 aromatic rings. The fraction of sp³-hybridized carbons (Fsp3) is 0.118. The summed E-state index contributed by atoms with van der Waals surface area (Å²) >= 11 is 2.17. The van der Waals surface area contributed by atoms with E-state index < -0.39 is 0 Å². The molecule has 0 aliphatic heterocycles. The van der Waals surface area contributed by atoms with Crippen molar-refractivity contribution in [2.75, 3.05) is 11.9 Å². The summed E-state index contributed by atoms with van der Waals surface area (Å²) in [5.41, 5.74) is 1.57. The van der Waals surface area contributed by atoms with Crippen LogP contribution in [0.25, 0.3) is 10.9 Å². The van der Waals surface area contributed by atoms with Gasteiger partial charge in [0.15, 0.2) is 6.61 Å². The van der Waals surface area contributed by atoms with Gasteiger partial charge in [-0.2, -0.15) is 4.98 Å². The van der Waals surface area contributed by atoms with Gasteiger partial charge in [-0.1, -0.05) is 24.3 Å². The molecule has 0 aliphatic carbocycles. The maximum Gasteiger partial charge on any atom is 0.262 e. The zero-order chi connectivity index (χ0) is 16.2. The molecule has 0 atom stereocenters. The Morgan fingerprint density at radius 1 is 1.13 bits per heavy atom. The number of halogens is 1. The summed E-state index contributed by atoms with van der Waals surface area (Å²) in [7, 11) is 0. The van der Waals surface area contributed by atoms with E-state index in [0.717, 1.165) is 20.2 Å². The number of carbonyl (C=O) groups is 1. The highest BCUT2D eigenvalue weighted by Crippen LogP contribution is 2.22. The van der Waals surface area contributed by atoms with Crippen molar-refractivity contribution in [3.63, 3.8) is 0 Å². The van der Waals surface area contributed by atoms with Crippen molar-refractivity contribution in [1.29, 1.82) is 0 Å². The van der Waals surface area contributed by atoms with Crippen LogP contribution in [0.4, 0.5) is 5.69 Å². The lowest BCUT2D eigenvalue weighted by Crippen LogP contribution is -2.21. The summed E-state index contributed by atoms with van der Waals surface area (Å²) in [5, 5.41) is 3.62. The zero-order valence-electron chi connectivity index (χ0n) is 12.4. The number of amides is 1. The average molecular weight is 419 g/mol. The quantitative estimate of drug-likeness (QED) is 0.657. The van der Waals surface area contributed by atoms with E-state index in [1.165, 1.54) is 0 Å². The van der Waals surface area contributed by atoms with Crippen LogP contribution in [0.1, 0.15) is 5.82 Å². The Balaban J connectivity index is 1.73. The number of para-hydroxylation sites is 2. The first-order valence-electron chi connectivity index (χ1n) is 7.04. The van der Waals surface area contributed by atoms with Gasteiger partial charge in [0.2, 0.25) is 5.88 Å². The number of carbonyl (C=O) groups excluding carboxylic acids is 1. The molecule has 0 radical (unpaired) electrons. The smallest absolute Gasteiger partial charge is 0.262 e. The second-order valence-electron chi connectivity index (χ2n) is 4.91. The van der Waals surface area contributed by atoms with Crippen LogP contribution < -0.4 is 10.1 Å². The van der Waals surface area contributed by atoms with Crippen LogP contribution in [0.3, 0.4) is 0 Å². The summed E-state index contributed by atoms with van der Waals surface area (Å²) in [4.78, 5) is 20.7. The third-order valence-electron chi connectivity index (χ3n) is 3.17. The topological polar surface area (TPSA) is 64.1 Å². The van der Waals surface area contributed by atoms with Crippen LogP contribution in [0.15, 0.2) is 48.5 Å². The summed E-state index contributed by atoms with van der Waals surface area (Å²) < 4.78 is 6.58. The van der Waals surface area contributed by atoms with E-state index >= 15 is 0 Å². The highest BCUT2D eigenvalue weighted by atomic mass is 127. The van der Waals surface area contributed by atoms with Crippen LogP contribution in [0.5, 0.6) is 5.88 Å². The summed E-state index contributed by atoms with van der Waals surface area (Å²) in [6.07, 6.45) is 0. The zero-order valence-corrected chi connectivity index (χ0v) is 14.6. The van der Waals surface area contributed by atoms with Gasteiger partial charge in [-0.15, -0.1) is 0 Å². The molecule has 0 saturated carbocycles. The molecule has 23 heavy (non-hydrogen) atoms. The number of rotatable bonds is 4. The average Bonchev–Trinajstić information content (AvgIpc) is 2.54. The number of anilines is 1. The van der Waals surface area contributed by atoms with E-state index in [1.54, 1.807) is 6.92 Å². The molecule has 0 aliphatic rings. The Kier molecular flexibility index (Phi) is 4.71. The molecule has 1 heterocycles. The normalized spacial score (nSPS) is 10.5. The number of fused-ring (bicyclic) bond motifs is 1. The van der Waals surface area contributed by atoms with E-state index in [2.05, 4.69) is 37.9 Å². The number of aryl methyl sites for hydroxylation is 1. The predicted molar refractivity (Wildman–Crippen MR) is 97.6 cm³/mol. The van der Waals surface area contributed by atoms with Gasteiger partial charge in [0.25, 0.3) is 5.91 Å². The minimum atomic E-state index is -0.227. The monoisotopic (exact) mass is 419 g/mol. The standard InChI is InChI=1S/C17H14IN3O2/c1-11-19-14-8-4-2-6-12(14)17(20-11)23-10-16(22)21-15-9-5-3-7-13(15)18/h2-9H,10H2,1H3,(H,21,22). The number of ether oxygens (including phenoxy) is 1. The lowest BCUT2D eigenvalue weighted by Gasteiger charge is -2.10. The third-order valence-corrected chi connectivity index (χ3v) is 4.11. The molecule has 0 saturated heterocycles. The fourth-order valence-electron chi connectivity index (χ4n) is 2.15. The summed E-state index contributed by atoms with van der Waals surface area (Å²) in [6.45, 7) is 1.69. The molecule has 1 N–H and O–H groups in total. The van der Waals surface area contributed by atoms with Crippen LogP contribution in [-0.4, -0.2) is 22.5 Å². The molecule has 0 fully saturated rings. The van der Waals surface area contributed by atoms with E-state index in [9.17, 15) is 4.79 Å². The molecule has 5 nitrogen and oxygen atoms in total. The second kappa shape index (κ2) is 6.91. The summed E-state index contributed by atoms with van der Waals surface area (Å²) in [5.74, 6) is 0.803. The molecular weight excluding hydrogens is 405 g/mol. The minimum absolute atomic E-state index is 0.106. The fourth-order valence-corrected chi connectivity index (χ4v) is 2.67. The van der Waals surface area contributed by atoms with Crippen LogP contribution >= 0.6 is 22.6 Å². The Hall–Kier alpha value is -2.22. The first kappa shape index (κ1) is 15.7. The van der Waals surface area contributed by atoms with Gasteiger partial charge >= 0.3 is 0 Å². The van der Waals surface area contributed by atoms with Gasteiger partial charge < -0.3 is 10.1 Å². The van der Waals surface area contributed by atoms with Crippen LogP contribution in [0, 0.1) is 10.5 Å². The SMILES string of the molecule is Cc1nc(OCC(=O)Nc2ccccc2I)c2ccccc2n1. The van der Waals surface area contributed by atoms with Crippen molar-refractivity contribution in [2.45, 2.75) is 6.92 Å². The van der Waals surface area contributed by atoms with Crippen molar-refractivity contribution in [3.05, 3.63) is 57.9 Å². The Morgan fingerprint density at radius 2 is 1.87 bits per heavy atom. The molecule has 1 aromatic heterocycles. The van der Waals surface area contributed by atoms with E-state index in [0.29, 0.717) is 11.7 Å². The van der Waals surface area contributed by atoms with Gasteiger partial charge in [0.1, 0.15) is 5.82 Å². The second-order valence-corrected chi connectivity index (χ2v) is 6.07. The van der Waals surface area contributed by atoms with Gasteiger partial charge in [-0.25, -0.2) is 4.98 Å². The highest BCUT2D eigenvalue weighted by molar-refractivity contribution is 14.1. The number of hydrogen-bond donors (Lipinski definition) is 1. The van der Waals surface area contributed by atoms with Gasteiger partial charge in [0, 0.05) is 3.57 Å². The lowest BCUT2D eigenvalue weighted by atomic mass is 10.2. The largest absolute Gasteiger partial charge is 0.467 e. The Morgan fingerprint density at radius 3 is 2.70 bits per heavy atom. The number of benzene rings is 2. The van der Waals surface area contributed by atoms with Crippen molar-refractivity contribution >= 4 is 45.1 Å². The van der Waals surface area contributed by atoms with Crippen LogP contribution in [-0.2, 0) is 4.79 Å². The van der Waals surface area contributed by atoms with Gasteiger partial charge in [0.05, 0.1) is 16.6 Å². The molecule has 0 spiro atoms. The third kappa shape index (κ3) is 3.76. The predicted octanol–water partition coefficient (Wildman–Crippen LogP) is 3.56. The van der Waals surface area contributed by atoms with Gasteiger partial charge in [-0.05, 0) is 53.8 Å². The van der Waals surface area contributed by atoms with E-state index in [4.69, 9.17) is 4.74 Å². The highest BCUT2D eigenvalue weighted by Gasteiger charge is 2.10. The minimum Gasteiger partial charge on any atom is -0.467 e. The maximum absolute atomic E-state index is 12.1. The van der Waals surface area contributed by atoms with E-state index in [1.807, 2.05) is 48.5 Å². The molecule has 0 unspecified atom stereocenters. The summed E-state index contributed by atoms with van der Waals surface area (Å²) in [6, 6.07) is 15.1. The molecule has 116 valence electrons. The molecule has 3 rings (SSSR count). The molecule has 0 bridgehead atoms. The number of nitrogens with zero attached hydrogens (tertiary/aromatic N) is 2. The number of nitrogens with one attached hydrogen (secondary N) is 1. The van der Waals surface area contributed by atoms with Crippen molar-refractivity contribution in [1.82, 2.24) is 9.97 Å². The molecule has 6 heteroatoms. The Bertz CT molecular complexity index is 867. The van der Waals surface area contributed by atoms with E-state index in [-0.39, 0.29) is 12.5 Å². The van der Waals surface area contributed by atoms with Crippen LogP contribution in [0.2, 0.25) is 0 Å². The lowest BCUT2D eigenvalue weighted by molar-refractivity contribution is -0.118. The number of hydrogen-bond acceptors (Lipinski definition) is 4. The molecular formula is C17H14IN3O2. The van der Waals surface area contributed by atoms with Crippen molar-refractivity contribution in [3.8, 4) is 5.88 Å². The number of aromatic nitrogens is 2. The first-order valence-corrected chi connectivity index (χ1v) is 8.12.